The molecule has 0 aliphatic heterocycles. The van der Waals surface area contributed by atoms with Crippen LogP contribution >= 0.6 is 0 Å². The molecule has 2 N–H and O–H groups in total. The molecule has 0 fully saturated rings. The van der Waals surface area contributed by atoms with Crippen LogP contribution in [0, 0.1) is 0 Å². The molecule has 2 atom stereocenters. The van der Waals surface area contributed by atoms with Crippen LogP contribution in [-0.2, 0) is 4.79 Å². The zero-order valence-electron chi connectivity index (χ0n) is 12.0. The predicted octanol–water partition coefficient (Wildman–Crippen LogP) is 1.57. The van der Waals surface area contributed by atoms with Crippen LogP contribution in [0.3, 0.4) is 0 Å². The van der Waals surface area contributed by atoms with Crippen LogP contribution in [0.4, 0.5) is 0 Å². The normalized spacial score (nSPS) is 14.2. The molecule has 0 heterocycles. The highest BCUT2D eigenvalue weighted by atomic mass is 16.3. The van der Waals surface area contributed by atoms with Crippen molar-refractivity contribution in [1.82, 2.24) is 10.2 Å². The van der Waals surface area contributed by atoms with Gasteiger partial charge in [0.05, 0.1) is 12.1 Å². The van der Waals surface area contributed by atoms with Crippen molar-refractivity contribution in [2.45, 2.75) is 31.9 Å². The van der Waals surface area contributed by atoms with Gasteiger partial charge >= 0.3 is 0 Å². The van der Waals surface area contributed by atoms with E-state index in [0.29, 0.717) is 12.8 Å². The molecule has 1 rings (SSSR count). The molecule has 1 aromatic rings. The number of carbonyl (C=O) groups is 1. The van der Waals surface area contributed by atoms with Crippen LogP contribution in [0.15, 0.2) is 30.3 Å². The maximum absolute atomic E-state index is 11.9. The summed E-state index contributed by atoms with van der Waals surface area (Å²) < 4.78 is 0. The second kappa shape index (κ2) is 7.92. The van der Waals surface area contributed by atoms with E-state index in [0.717, 1.165) is 12.1 Å². The molecule has 2 unspecified atom stereocenters. The second-order valence-electron chi connectivity index (χ2n) is 5.18. The van der Waals surface area contributed by atoms with Crippen LogP contribution in [0.2, 0.25) is 0 Å². The van der Waals surface area contributed by atoms with E-state index in [1.165, 1.54) is 0 Å². The molecular weight excluding hydrogens is 240 g/mol. The number of carbonyl (C=O) groups excluding carboxylic acids is 1. The number of hydrogen-bond acceptors (Lipinski definition) is 3. The van der Waals surface area contributed by atoms with Crippen molar-refractivity contribution in [2.75, 3.05) is 20.6 Å². The van der Waals surface area contributed by atoms with Crippen molar-refractivity contribution < 1.29 is 9.90 Å². The highest BCUT2D eigenvalue weighted by molar-refractivity contribution is 5.76. The summed E-state index contributed by atoms with van der Waals surface area (Å²) in [6.07, 6.45) is 0.416. The van der Waals surface area contributed by atoms with E-state index in [9.17, 15) is 9.90 Å². The monoisotopic (exact) mass is 264 g/mol. The molecule has 0 saturated heterocycles. The van der Waals surface area contributed by atoms with Crippen LogP contribution in [-0.4, -0.2) is 42.7 Å². The molecule has 4 heteroatoms. The fourth-order valence-electron chi connectivity index (χ4n) is 1.89. The molecule has 19 heavy (non-hydrogen) atoms. The number of rotatable bonds is 7. The molecule has 0 saturated carbocycles. The Morgan fingerprint density at radius 2 is 1.95 bits per heavy atom. The highest BCUT2D eigenvalue weighted by Crippen LogP contribution is 2.13. The number of aliphatic hydroxyl groups is 1. The minimum atomic E-state index is -0.435. The Morgan fingerprint density at radius 1 is 1.32 bits per heavy atom. The van der Waals surface area contributed by atoms with Crippen LogP contribution in [0.5, 0.6) is 0 Å². The van der Waals surface area contributed by atoms with Gasteiger partial charge in [-0.2, -0.15) is 0 Å². The Labute approximate surface area is 115 Å². The van der Waals surface area contributed by atoms with E-state index in [4.69, 9.17) is 0 Å². The maximum Gasteiger partial charge on any atom is 0.220 e. The molecule has 0 bridgehead atoms. The van der Waals surface area contributed by atoms with Crippen LogP contribution < -0.4 is 5.32 Å². The van der Waals surface area contributed by atoms with Gasteiger partial charge < -0.3 is 15.3 Å². The van der Waals surface area contributed by atoms with Crippen molar-refractivity contribution in [3.05, 3.63) is 35.9 Å². The third kappa shape index (κ3) is 6.36. The Hall–Kier alpha value is -1.39. The standard InChI is InChI=1S/C15H24N2O2/c1-12(18)9-10-15(19)16-14(11-17(2)3)13-7-5-4-6-8-13/h4-8,12,14,18H,9-11H2,1-3H3,(H,16,19). The number of aliphatic hydroxyl groups excluding tert-OH is 1. The minimum Gasteiger partial charge on any atom is -0.393 e. The van der Waals surface area contributed by atoms with Gasteiger partial charge in [-0.05, 0) is 33.0 Å². The summed E-state index contributed by atoms with van der Waals surface area (Å²) in [4.78, 5) is 13.9. The van der Waals surface area contributed by atoms with E-state index in [-0.39, 0.29) is 11.9 Å². The molecule has 0 aliphatic rings. The fourth-order valence-corrected chi connectivity index (χ4v) is 1.89. The van der Waals surface area contributed by atoms with Gasteiger partial charge in [0.15, 0.2) is 0 Å². The molecule has 0 aromatic heterocycles. The maximum atomic E-state index is 11.9. The average molecular weight is 264 g/mol. The van der Waals surface area contributed by atoms with E-state index in [2.05, 4.69) is 5.32 Å². The largest absolute Gasteiger partial charge is 0.393 e. The zero-order valence-corrected chi connectivity index (χ0v) is 12.0. The number of nitrogens with one attached hydrogen (secondary N) is 1. The SMILES string of the molecule is CC(O)CCC(=O)NC(CN(C)C)c1ccccc1. The van der Waals surface area contributed by atoms with E-state index in [1.54, 1.807) is 6.92 Å². The van der Waals surface area contributed by atoms with Crippen LogP contribution in [0.25, 0.3) is 0 Å². The summed E-state index contributed by atoms with van der Waals surface area (Å²) in [7, 11) is 3.97. The summed E-state index contributed by atoms with van der Waals surface area (Å²) in [6, 6.07) is 9.93. The minimum absolute atomic E-state index is 0.0160. The van der Waals surface area contributed by atoms with Gasteiger partial charge in [-0.15, -0.1) is 0 Å². The van der Waals surface area contributed by atoms with Gasteiger partial charge in [0.25, 0.3) is 0 Å². The lowest BCUT2D eigenvalue weighted by atomic mass is 10.1. The Kier molecular flexibility index (Phi) is 6.53. The number of likely N-dealkylation sites (N-methyl/N-ethyl adjacent to an activating group) is 1. The third-order valence-corrected chi connectivity index (χ3v) is 2.87. The fraction of sp³-hybridized carbons (Fsp3) is 0.533. The first-order valence-corrected chi connectivity index (χ1v) is 6.66. The number of amides is 1. The predicted molar refractivity (Wildman–Crippen MR) is 76.8 cm³/mol. The lowest BCUT2D eigenvalue weighted by Gasteiger charge is -2.23. The first-order chi connectivity index (χ1) is 8.99. The Balaban J connectivity index is 2.62. The Morgan fingerprint density at radius 3 is 2.47 bits per heavy atom. The molecule has 4 nitrogen and oxygen atoms in total. The smallest absolute Gasteiger partial charge is 0.220 e. The number of hydrogen-bond donors (Lipinski definition) is 2. The van der Waals surface area contributed by atoms with Crippen molar-refractivity contribution >= 4 is 5.91 Å². The van der Waals surface area contributed by atoms with Gasteiger partial charge in [-0.3, -0.25) is 4.79 Å². The van der Waals surface area contributed by atoms with Gasteiger partial charge in [-0.1, -0.05) is 30.3 Å². The molecule has 0 aliphatic carbocycles. The number of nitrogens with zero attached hydrogens (tertiary/aromatic N) is 1. The lowest BCUT2D eigenvalue weighted by Crippen LogP contribution is -2.35. The van der Waals surface area contributed by atoms with Gasteiger partial charge in [0.1, 0.15) is 0 Å². The Bertz CT molecular complexity index is 377. The summed E-state index contributed by atoms with van der Waals surface area (Å²) in [5.74, 6) is -0.0170. The van der Waals surface area contributed by atoms with Gasteiger partial charge in [0, 0.05) is 13.0 Å². The molecular formula is C15H24N2O2. The summed E-state index contributed by atoms with van der Waals surface area (Å²) in [5, 5.41) is 12.2. The topological polar surface area (TPSA) is 52.6 Å². The van der Waals surface area contributed by atoms with Crippen molar-refractivity contribution in [3.8, 4) is 0 Å². The summed E-state index contributed by atoms with van der Waals surface area (Å²) in [5.41, 5.74) is 1.10. The van der Waals surface area contributed by atoms with Gasteiger partial charge in [0.2, 0.25) is 5.91 Å². The molecule has 1 aromatic carbocycles. The van der Waals surface area contributed by atoms with Crippen molar-refractivity contribution in [3.63, 3.8) is 0 Å². The summed E-state index contributed by atoms with van der Waals surface area (Å²) >= 11 is 0. The number of benzene rings is 1. The molecule has 0 radical (unpaired) electrons. The first kappa shape index (κ1) is 15.7. The van der Waals surface area contributed by atoms with E-state index in [1.807, 2.05) is 49.3 Å². The van der Waals surface area contributed by atoms with Gasteiger partial charge in [-0.25, -0.2) is 0 Å². The first-order valence-electron chi connectivity index (χ1n) is 6.66. The second-order valence-corrected chi connectivity index (χ2v) is 5.18. The van der Waals surface area contributed by atoms with Crippen LogP contribution in [0.1, 0.15) is 31.4 Å². The van der Waals surface area contributed by atoms with E-state index < -0.39 is 6.10 Å². The quantitative estimate of drug-likeness (QED) is 0.786. The lowest BCUT2D eigenvalue weighted by molar-refractivity contribution is -0.122. The average Bonchev–Trinajstić information content (AvgIpc) is 2.36. The molecule has 0 spiro atoms. The van der Waals surface area contributed by atoms with E-state index >= 15 is 0 Å². The van der Waals surface area contributed by atoms with Crippen molar-refractivity contribution in [2.24, 2.45) is 0 Å². The highest BCUT2D eigenvalue weighted by Gasteiger charge is 2.15. The third-order valence-electron chi connectivity index (χ3n) is 2.87. The summed E-state index contributed by atoms with van der Waals surface area (Å²) in [6.45, 7) is 2.45. The zero-order chi connectivity index (χ0) is 14.3. The molecule has 1 amide bonds. The molecule has 106 valence electrons. The van der Waals surface area contributed by atoms with Crippen molar-refractivity contribution in [1.29, 1.82) is 0 Å².